The molecular formula is C21H19ClF3N3O3. The Hall–Kier alpha value is -2.75. The Kier molecular flexibility index (Phi) is 6.78. The summed E-state index contributed by atoms with van der Waals surface area (Å²) in [5.41, 5.74) is 5.74. The normalized spacial score (nSPS) is 15.3. The number of aldehydes is 1. The van der Waals surface area contributed by atoms with E-state index in [-0.39, 0.29) is 48.7 Å². The maximum absolute atomic E-state index is 13.0. The van der Waals surface area contributed by atoms with Crippen molar-refractivity contribution in [2.24, 2.45) is 5.73 Å². The molecule has 164 valence electrons. The summed E-state index contributed by atoms with van der Waals surface area (Å²) in [7, 11) is 0. The topological polar surface area (TPSA) is 92.5 Å². The van der Waals surface area contributed by atoms with Crippen LogP contribution in [0.3, 0.4) is 0 Å². The van der Waals surface area contributed by atoms with Gasteiger partial charge in [-0.2, -0.15) is 13.2 Å². The van der Waals surface area contributed by atoms with E-state index in [1.54, 1.807) is 17.0 Å². The molecule has 0 aromatic heterocycles. The first-order valence-corrected chi connectivity index (χ1v) is 9.71. The van der Waals surface area contributed by atoms with Crippen molar-refractivity contribution in [2.75, 3.05) is 13.1 Å². The van der Waals surface area contributed by atoms with Crippen LogP contribution in [0, 0.1) is 0 Å². The number of ketones is 1. The van der Waals surface area contributed by atoms with Crippen molar-refractivity contribution in [3.05, 3.63) is 69.2 Å². The molecule has 0 unspecified atom stereocenters. The highest BCUT2D eigenvalue weighted by Crippen LogP contribution is 2.35. The number of alkyl halides is 3. The van der Waals surface area contributed by atoms with Gasteiger partial charge in [0.15, 0.2) is 5.78 Å². The van der Waals surface area contributed by atoms with Crippen LogP contribution >= 0.6 is 11.6 Å². The fraction of sp³-hybridized carbons (Fsp3) is 0.286. The highest BCUT2D eigenvalue weighted by molar-refractivity contribution is 6.31. The first-order valence-electron chi connectivity index (χ1n) is 9.34. The third-order valence-electron chi connectivity index (χ3n) is 5.05. The van der Waals surface area contributed by atoms with Gasteiger partial charge in [-0.1, -0.05) is 29.8 Å². The lowest BCUT2D eigenvalue weighted by Crippen LogP contribution is -2.47. The lowest BCUT2D eigenvalue weighted by Gasteiger charge is -2.32. The van der Waals surface area contributed by atoms with Gasteiger partial charge in [-0.25, -0.2) is 0 Å². The zero-order valence-corrected chi connectivity index (χ0v) is 17.0. The number of hydrogen-bond acceptors (Lipinski definition) is 5. The average molecular weight is 454 g/mol. The van der Waals surface area contributed by atoms with Crippen LogP contribution in [0.2, 0.25) is 5.02 Å². The Morgan fingerprint density at radius 2 is 2.00 bits per heavy atom. The maximum atomic E-state index is 13.0. The molecule has 0 saturated carbocycles. The van der Waals surface area contributed by atoms with Gasteiger partial charge in [-0.3, -0.25) is 14.5 Å². The second-order valence-corrected chi connectivity index (χ2v) is 7.51. The SMILES string of the molecule is NC[C@H](C=O)N1CC(=O)c2c(cccc2C(=O)NCc2ccc(Cl)c(C(F)(F)F)c2)C1. The fourth-order valence-electron chi connectivity index (χ4n) is 3.49. The van der Waals surface area contributed by atoms with Gasteiger partial charge in [0.05, 0.1) is 28.7 Å². The lowest BCUT2D eigenvalue weighted by atomic mass is 9.92. The molecule has 0 fully saturated rings. The number of carbonyl (C=O) groups is 3. The summed E-state index contributed by atoms with van der Waals surface area (Å²) in [4.78, 5) is 38.2. The van der Waals surface area contributed by atoms with Gasteiger partial charge in [-0.15, -0.1) is 0 Å². The molecule has 6 nitrogen and oxygen atoms in total. The molecule has 2 aromatic carbocycles. The summed E-state index contributed by atoms with van der Waals surface area (Å²) in [5, 5.41) is 2.12. The van der Waals surface area contributed by atoms with Crippen LogP contribution in [-0.4, -0.2) is 42.0 Å². The molecule has 1 aliphatic heterocycles. The molecule has 10 heteroatoms. The number of benzene rings is 2. The Bertz CT molecular complexity index is 1030. The largest absolute Gasteiger partial charge is 0.417 e. The summed E-state index contributed by atoms with van der Waals surface area (Å²) in [6.07, 6.45) is -3.94. The van der Waals surface area contributed by atoms with Crippen LogP contribution < -0.4 is 11.1 Å². The van der Waals surface area contributed by atoms with Crippen molar-refractivity contribution in [2.45, 2.75) is 25.3 Å². The molecule has 0 aliphatic carbocycles. The molecule has 1 aliphatic rings. The second kappa shape index (κ2) is 9.17. The number of nitrogens with zero attached hydrogens (tertiary/aromatic N) is 1. The van der Waals surface area contributed by atoms with Crippen molar-refractivity contribution >= 4 is 29.6 Å². The number of Topliss-reactive ketones (excluding diaryl/α,β-unsaturated/α-hetero) is 1. The Labute approximate surface area is 181 Å². The summed E-state index contributed by atoms with van der Waals surface area (Å²) in [6.45, 7) is 0.0930. The molecular weight excluding hydrogens is 435 g/mol. The molecule has 1 amide bonds. The van der Waals surface area contributed by atoms with Crippen molar-refractivity contribution in [1.29, 1.82) is 0 Å². The fourth-order valence-corrected chi connectivity index (χ4v) is 3.72. The van der Waals surface area contributed by atoms with E-state index >= 15 is 0 Å². The number of halogens is 4. The minimum Gasteiger partial charge on any atom is -0.348 e. The van der Waals surface area contributed by atoms with Crippen LogP contribution in [0.25, 0.3) is 0 Å². The number of nitrogens with one attached hydrogen (secondary N) is 1. The Morgan fingerprint density at radius 1 is 1.26 bits per heavy atom. The van der Waals surface area contributed by atoms with Gasteiger partial charge >= 0.3 is 6.18 Å². The molecule has 0 saturated heterocycles. The summed E-state index contributed by atoms with van der Waals surface area (Å²) < 4.78 is 39.1. The van der Waals surface area contributed by atoms with Gasteiger partial charge in [0, 0.05) is 25.2 Å². The third kappa shape index (κ3) is 4.95. The summed E-state index contributed by atoms with van der Waals surface area (Å²) >= 11 is 5.61. The molecule has 3 N–H and O–H groups in total. The molecule has 0 radical (unpaired) electrons. The minimum absolute atomic E-state index is 0.0628. The van der Waals surface area contributed by atoms with Crippen LogP contribution in [0.4, 0.5) is 13.2 Å². The van der Waals surface area contributed by atoms with Gasteiger partial charge in [-0.05, 0) is 29.3 Å². The van der Waals surface area contributed by atoms with E-state index in [2.05, 4.69) is 5.32 Å². The van der Waals surface area contributed by atoms with Gasteiger partial charge < -0.3 is 15.8 Å². The highest BCUT2D eigenvalue weighted by atomic mass is 35.5. The molecule has 0 bridgehead atoms. The number of rotatable bonds is 6. The number of carbonyl (C=O) groups excluding carboxylic acids is 3. The summed E-state index contributed by atoms with van der Waals surface area (Å²) in [5.74, 6) is -0.925. The smallest absolute Gasteiger partial charge is 0.348 e. The molecule has 31 heavy (non-hydrogen) atoms. The lowest BCUT2D eigenvalue weighted by molar-refractivity contribution is -0.137. The molecule has 3 rings (SSSR count). The molecule has 1 atom stereocenters. The quantitative estimate of drug-likeness (QED) is 0.656. The third-order valence-corrected chi connectivity index (χ3v) is 5.38. The van der Waals surface area contributed by atoms with Gasteiger partial charge in [0.25, 0.3) is 5.91 Å². The average Bonchev–Trinajstić information content (AvgIpc) is 2.72. The van der Waals surface area contributed by atoms with Gasteiger partial charge in [0.2, 0.25) is 0 Å². The zero-order valence-electron chi connectivity index (χ0n) is 16.2. The number of fused-ring (bicyclic) bond motifs is 1. The van der Waals surface area contributed by atoms with Crippen LogP contribution in [0.15, 0.2) is 36.4 Å². The predicted molar refractivity (Wildman–Crippen MR) is 108 cm³/mol. The van der Waals surface area contributed by atoms with Crippen molar-refractivity contribution < 1.29 is 27.6 Å². The standard InChI is InChI=1S/C21H19ClF3N3O3/c22-17-5-4-12(6-16(17)21(23,24)25)8-27-20(31)15-3-1-2-13-9-28(14(7-26)11-29)10-18(30)19(13)15/h1-6,11,14H,7-10,26H2,(H,27,31)/t14-/m1/s1. The highest BCUT2D eigenvalue weighted by Gasteiger charge is 2.33. The van der Waals surface area contributed by atoms with E-state index in [0.717, 1.165) is 12.1 Å². The number of hydrogen-bond donors (Lipinski definition) is 2. The zero-order chi connectivity index (χ0) is 22.8. The van der Waals surface area contributed by atoms with E-state index in [1.807, 2.05) is 0 Å². The second-order valence-electron chi connectivity index (χ2n) is 7.10. The first-order chi connectivity index (χ1) is 14.7. The van der Waals surface area contributed by atoms with Crippen molar-refractivity contribution in [3.63, 3.8) is 0 Å². The van der Waals surface area contributed by atoms with E-state index < -0.39 is 28.7 Å². The van der Waals surface area contributed by atoms with Crippen molar-refractivity contribution in [1.82, 2.24) is 10.2 Å². The summed E-state index contributed by atoms with van der Waals surface area (Å²) in [6, 6.07) is 7.53. The molecule has 0 spiro atoms. The van der Waals surface area contributed by atoms with E-state index in [4.69, 9.17) is 17.3 Å². The number of amides is 1. The first kappa shape index (κ1) is 22.9. The maximum Gasteiger partial charge on any atom is 0.417 e. The Morgan fingerprint density at radius 3 is 2.65 bits per heavy atom. The van der Waals surface area contributed by atoms with Crippen LogP contribution in [0.5, 0.6) is 0 Å². The van der Waals surface area contributed by atoms with Crippen LogP contribution in [-0.2, 0) is 24.1 Å². The molecule has 2 aromatic rings. The monoisotopic (exact) mass is 453 g/mol. The van der Waals surface area contributed by atoms with Gasteiger partial charge in [0.1, 0.15) is 6.29 Å². The molecule has 1 heterocycles. The van der Waals surface area contributed by atoms with E-state index in [1.165, 1.54) is 12.1 Å². The predicted octanol–water partition coefficient (Wildman–Crippen LogP) is 2.81. The van der Waals surface area contributed by atoms with E-state index in [9.17, 15) is 27.6 Å². The van der Waals surface area contributed by atoms with Crippen molar-refractivity contribution in [3.8, 4) is 0 Å². The minimum atomic E-state index is -4.61. The van der Waals surface area contributed by atoms with E-state index in [0.29, 0.717) is 11.8 Å². The van der Waals surface area contributed by atoms with Crippen LogP contribution in [0.1, 0.15) is 37.4 Å². The Balaban J connectivity index is 1.80. The number of nitrogens with two attached hydrogens (primary N) is 1.